The van der Waals surface area contributed by atoms with Gasteiger partial charge in [-0.3, -0.25) is 9.59 Å². The molecule has 6 heteroatoms. The molecular weight excluding hydrogens is 395 g/mol. The van der Waals surface area contributed by atoms with Crippen LogP contribution in [0.2, 0.25) is 0 Å². The van der Waals surface area contributed by atoms with Crippen LogP contribution in [0.15, 0.2) is 48.5 Å². The number of carbonyl (C=O) groups is 2. The molecule has 0 unspecified atom stereocenters. The van der Waals surface area contributed by atoms with Crippen molar-refractivity contribution in [2.24, 2.45) is 5.92 Å². The zero-order chi connectivity index (χ0) is 21.6. The standard InChI is InChI=1S/C25H29FN2O3/c26-21-10-8-19(9-11-21)18-31-23-7-3-2-6-22(23)25(30)28-16-12-20(13-17-28)24(29)27-14-4-1-5-15-27/h2-3,6-11,20H,1,4-5,12-18H2. The van der Waals surface area contributed by atoms with Crippen LogP contribution in [0.3, 0.4) is 0 Å². The molecule has 2 aliphatic heterocycles. The molecular formula is C25H29FN2O3. The lowest BCUT2D eigenvalue weighted by molar-refractivity contribution is -0.137. The van der Waals surface area contributed by atoms with E-state index in [1.807, 2.05) is 21.9 Å². The molecule has 0 aliphatic carbocycles. The van der Waals surface area contributed by atoms with Crippen LogP contribution in [0.1, 0.15) is 48.0 Å². The van der Waals surface area contributed by atoms with Crippen LogP contribution in [0.5, 0.6) is 5.75 Å². The highest BCUT2D eigenvalue weighted by atomic mass is 19.1. The summed E-state index contributed by atoms with van der Waals surface area (Å²) >= 11 is 0. The first kappa shape index (κ1) is 21.3. The molecule has 2 fully saturated rings. The normalized spacial score (nSPS) is 17.5. The van der Waals surface area contributed by atoms with E-state index in [-0.39, 0.29) is 30.2 Å². The lowest BCUT2D eigenvalue weighted by Gasteiger charge is -2.35. The number of ether oxygens (including phenoxy) is 1. The molecule has 2 heterocycles. The van der Waals surface area contributed by atoms with Crippen molar-refractivity contribution in [2.45, 2.75) is 38.7 Å². The average molecular weight is 425 g/mol. The second-order valence-corrected chi connectivity index (χ2v) is 8.36. The first-order chi connectivity index (χ1) is 15.1. The minimum atomic E-state index is -0.290. The van der Waals surface area contributed by atoms with E-state index in [9.17, 15) is 14.0 Å². The average Bonchev–Trinajstić information content (AvgIpc) is 2.83. The summed E-state index contributed by atoms with van der Waals surface area (Å²) in [5, 5.41) is 0. The second kappa shape index (κ2) is 9.94. The van der Waals surface area contributed by atoms with E-state index in [4.69, 9.17) is 4.74 Å². The molecule has 4 rings (SSSR count). The number of carbonyl (C=O) groups excluding carboxylic acids is 2. The Bertz CT molecular complexity index is 901. The van der Waals surface area contributed by atoms with Crippen LogP contribution >= 0.6 is 0 Å². The number of halogens is 1. The largest absolute Gasteiger partial charge is 0.488 e. The summed E-state index contributed by atoms with van der Waals surface area (Å²) in [6.45, 7) is 3.16. The van der Waals surface area contributed by atoms with E-state index in [2.05, 4.69) is 0 Å². The zero-order valence-electron chi connectivity index (χ0n) is 17.8. The molecule has 2 amide bonds. The number of benzene rings is 2. The predicted molar refractivity (Wildman–Crippen MR) is 116 cm³/mol. The van der Waals surface area contributed by atoms with E-state index in [0.29, 0.717) is 37.2 Å². The van der Waals surface area contributed by atoms with E-state index < -0.39 is 0 Å². The highest BCUT2D eigenvalue weighted by Gasteiger charge is 2.31. The Morgan fingerprint density at radius 2 is 1.55 bits per heavy atom. The Labute approximate surface area is 182 Å². The molecule has 0 spiro atoms. The summed E-state index contributed by atoms with van der Waals surface area (Å²) in [5.74, 6) is 0.436. The number of para-hydroxylation sites is 1. The number of nitrogens with zero attached hydrogens (tertiary/aromatic N) is 2. The first-order valence-corrected chi connectivity index (χ1v) is 11.2. The molecule has 0 atom stereocenters. The highest BCUT2D eigenvalue weighted by molar-refractivity contribution is 5.97. The molecule has 2 aliphatic rings. The Hall–Kier alpha value is -2.89. The van der Waals surface area contributed by atoms with Crippen molar-refractivity contribution < 1.29 is 18.7 Å². The molecule has 2 aromatic carbocycles. The number of hydrogen-bond donors (Lipinski definition) is 0. The quantitative estimate of drug-likeness (QED) is 0.720. The molecule has 0 radical (unpaired) electrons. The van der Waals surface area contributed by atoms with Crippen molar-refractivity contribution in [1.29, 1.82) is 0 Å². The second-order valence-electron chi connectivity index (χ2n) is 8.36. The molecule has 0 N–H and O–H groups in total. The van der Waals surface area contributed by atoms with Gasteiger partial charge in [0, 0.05) is 32.1 Å². The number of hydrogen-bond acceptors (Lipinski definition) is 3. The summed E-state index contributed by atoms with van der Waals surface area (Å²) in [6.07, 6.45) is 4.81. The fraction of sp³-hybridized carbons (Fsp3) is 0.440. The molecule has 2 aromatic rings. The predicted octanol–water partition coefficient (Wildman–Crippen LogP) is 4.27. The molecule has 0 aromatic heterocycles. The van der Waals surface area contributed by atoms with Crippen molar-refractivity contribution in [2.75, 3.05) is 26.2 Å². The maximum absolute atomic E-state index is 13.2. The summed E-state index contributed by atoms with van der Waals surface area (Å²) in [5.41, 5.74) is 1.35. The van der Waals surface area contributed by atoms with E-state index in [1.54, 1.807) is 24.3 Å². The van der Waals surface area contributed by atoms with Crippen LogP contribution in [0, 0.1) is 11.7 Å². The minimum absolute atomic E-state index is 0.0205. The van der Waals surface area contributed by atoms with Gasteiger partial charge in [0.2, 0.25) is 5.91 Å². The Morgan fingerprint density at radius 1 is 0.871 bits per heavy atom. The number of likely N-dealkylation sites (tertiary alicyclic amines) is 2. The van der Waals surface area contributed by atoms with Crippen LogP contribution in [-0.4, -0.2) is 47.8 Å². The van der Waals surface area contributed by atoms with Crippen LogP contribution in [0.25, 0.3) is 0 Å². The molecule has 2 saturated heterocycles. The topological polar surface area (TPSA) is 49.9 Å². The number of piperidine rings is 2. The highest BCUT2D eigenvalue weighted by Crippen LogP contribution is 2.26. The smallest absolute Gasteiger partial charge is 0.257 e. The van der Waals surface area contributed by atoms with E-state index in [1.165, 1.54) is 18.6 Å². The van der Waals surface area contributed by atoms with E-state index in [0.717, 1.165) is 31.5 Å². The molecule has 0 bridgehead atoms. The summed E-state index contributed by atoms with van der Waals surface area (Å²) in [6, 6.07) is 13.3. The zero-order valence-corrected chi connectivity index (χ0v) is 17.8. The summed E-state index contributed by atoms with van der Waals surface area (Å²) in [4.78, 5) is 29.8. The monoisotopic (exact) mass is 424 g/mol. The SMILES string of the molecule is O=C(c1ccccc1OCc1ccc(F)cc1)N1CCC(C(=O)N2CCCCC2)CC1. The van der Waals surface area contributed by atoms with Crippen LogP contribution in [0.4, 0.5) is 4.39 Å². The van der Waals surface area contributed by atoms with Gasteiger partial charge in [0.05, 0.1) is 5.56 Å². The Morgan fingerprint density at radius 3 is 2.26 bits per heavy atom. The van der Waals surface area contributed by atoms with Gasteiger partial charge in [-0.15, -0.1) is 0 Å². The van der Waals surface area contributed by atoms with Gasteiger partial charge in [0.25, 0.3) is 5.91 Å². The summed E-state index contributed by atoms with van der Waals surface area (Å²) in [7, 11) is 0. The third-order valence-corrected chi connectivity index (χ3v) is 6.22. The van der Waals surface area contributed by atoms with Crippen LogP contribution < -0.4 is 4.74 Å². The van der Waals surface area contributed by atoms with Gasteiger partial charge in [-0.2, -0.15) is 0 Å². The minimum Gasteiger partial charge on any atom is -0.488 e. The molecule has 31 heavy (non-hydrogen) atoms. The maximum Gasteiger partial charge on any atom is 0.257 e. The fourth-order valence-corrected chi connectivity index (χ4v) is 4.38. The lowest BCUT2D eigenvalue weighted by Crippen LogP contribution is -2.45. The fourth-order valence-electron chi connectivity index (χ4n) is 4.38. The van der Waals surface area contributed by atoms with E-state index >= 15 is 0 Å². The maximum atomic E-state index is 13.2. The third kappa shape index (κ3) is 5.24. The Kier molecular flexibility index (Phi) is 6.85. The van der Waals surface area contributed by atoms with Gasteiger partial charge in [0.1, 0.15) is 18.2 Å². The molecule has 5 nitrogen and oxygen atoms in total. The first-order valence-electron chi connectivity index (χ1n) is 11.2. The van der Waals surface area contributed by atoms with Crippen molar-refractivity contribution in [3.63, 3.8) is 0 Å². The third-order valence-electron chi connectivity index (χ3n) is 6.22. The molecule has 164 valence electrons. The molecule has 0 saturated carbocycles. The van der Waals surface area contributed by atoms with Gasteiger partial charge in [-0.25, -0.2) is 4.39 Å². The van der Waals surface area contributed by atoms with Crippen LogP contribution in [-0.2, 0) is 11.4 Å². The number of amides is 2. The van der Waals surface area contributed by atoms with Gasteiger partial charge < -0.3 is 14.5 Å². The number of rotatable bonds is 5. The van der Waals surface area contributed by atoms with Crippen molar-refractivity contribution in [3.05, 3.63) is 65.5 Å². The van der Waals surface area contributed by atoms with Crippen molar-refractivity contribution in [1.82, 2.24) is 9.80 Å². The Balaban J connectivity index is 1.35. The van der Waals surface area contributed by atoms with Crippen molar-refractivity contribution >= 4 is 11.8 Å². The van der Waals surface area contributed by atoms with Gasteiger partial charge >= 0.3 is 0 Å². The van der Waals surface area contributed by atoms with Gasteiger partial charge in [-0.05, 0) is 61.9 Å². The van der Waals surface area contributed by atoms with Gasteiger partial charge in [0.15, 0.2) is 0 Å². The summed E-state index contributed by atoms with van der Waals surface area (Å²) < 4.78 is 19.0. The van der Waals surface area contributed by atoms with Gasteiger partial charge in [-0.1, -0.05) is 24.3 Å². The van der Waals surface area contributed by atoms with Crippen molar-refractivity contribution in [3.8, 4) is 5.75 Å². The lowest BCUT2D eigenvalue weighted by atomic mass is 9.94.